The zero-order valence-electron chi connectivity index (χ0n) is 10.7. The average molecular weight is 281 g/mol. The van der Waals surface area contributed by atoms with E-state index in [1.165, 1.54) is 6.07 Å². The summed E-state index contributed by atoms with van der Waals surface area (Å²) in [5.74, 6) is -0.246. The van der Waals surface area contributed by atoms with E-state index in [1.54, 1.807) is 24.0 Å². The van der Waals surface area contributed by atoms with Gasteiger partial charge in [0.25, 0.3) is 0 Å². The van der Waals surface area contributed by atoms with Crippen LogP contribution in [0.4, 0.5) is 4.39 Å². The van der Waals surface area contributed by atoms with Crippen LogP contribution in [0.2, 0.25) is 0 Å². The number of nitrogens with zero attached hydrogens (tertiary/aromatic N) is 1. The summed E-state index contributed by atoms with van der Waals surface area (Å²) in [5.41, 5.74) is 1.21. The molecule has 3 heteroatoms. The van der Waals surface area contributed by atoms with E-state index < -0.39 is 0 Å². The maximum absolute atomic E-state index is 14.2. The Morgan fingerprint density at radius 1 is 0.800 bits per heavy atom. The smallest absolute Gasteiger partial charge is 0.133 e. The molecule has 0 spiro atoms. The highest BCUT2D eigenvalue weighted by Crippen LogP contribution is 2.36. The monoisotopic (exact) mass is 281 g/mol. The molecular weight excluding hydrogens is 269 g/mol. The number of hydrogen-bond donors (Lipinski definition) is 0. The van der Waals surface area contributed by atoms with Crippen LogP contribution in [0.3, 0.4) is 0 Å². The van der Waals surface area contributed by atoms with Crippen LogP contribution in [0, 0.1) is 5.82 Å². The fraction of sp³-hybridized carbons (Fsp3) is 0. The van der Waals surface area contributed by atoms with Gasteiger partial charge < -0.3 is 0 Å². The molecule has 0 unspecified atom stereocenters. The number of hydrogen-bond acceptors (Lipinski definition) is 2. The lowest BCUT2D eigenvalue weighted by molar-refractivity contribution is 0.627. The predicted octanol–water partition coefficient (Wildman–Crippen LogP) is 5.04. The van der Waals surface area contributed by atoms with Crippen LogP contribution in [0.1, 0.15) is 0 Å². The van der Waals surface area contributed by atoms with Gasteiger partial charge in [-0.3, -0.25) is 4.98 Å². The van der Waals surface area contributed by atoms with E-state index in [4.69, 9.17) is 0 Å². The summed E-state index contributed by atoms with van der Waals surface area (Å²) in [6.07, 6.45) is 1.68. The Hall–Kier alpha value is -2.13. The van der Waals surface area contributed by atoms with Crippen LogP contribution in [0.5, 0.6) is 0 Å². The van der Waals surface area contributed by atoms with Crippen molar-refractivity contribution in [2.75, 3.05) is 0 Å². The summed E-state index contributed by atoms with van der Waals surface area (Å²) >= 11 is 1.54. The van der Waals surface area contributed by atoms with Crippen molar-refractivity contribution >= 4 is 11.8 Å². The Morgan fingerprint density at radius 3 is 2.35 bits per heavy atom. The van der Waals surface area contributed by atoms with Crippen molar-refractivity contribution in [3.63, 3.8) is 0 Å². The molecule has 0 aliphatic rings. The molecule has 0 radical (unpaired) electrons. The summed E-state index contributed by atoms with van der Waals surface area (Å²) in [6.45, 7) is 0. The average Bonchev–Trinajstić information content (AvgIpc) is 2.49. The molecule has 1 aromatic heterocycles. The predicted molar refractivity (Wildman–Crippen MR) is 80.2 cm³/mol. The maximum Gasteiger partial charge on any atom is 0.133 e. The van der Waals surface area contributed by atoms with E-state index in [0.29, 0.717) is 11.3 Å². The number of rotatable bonds is 3. The van der Waals surface area contributed by atoms with Gasteiger partial charge in [-0.05, 0) is 36.4 Å². The first-order chi connectivity index (χ1) is 9.84. The Labute approximate surface area is 121 Å². The Bertz CT molecular complexity index is 699. The number of aromatic nitrogens is 1. The van der Waals surface area contributed by atoms with Crippen LogP contribution in [0.25, 0.3) is 11.3 Å². The normalized spacial score (nSPS) is 10.4. The topological polar surface area (TPSA) is 12.9 Å². The Kier molecular flexibility index (Phi) is 3.79. The zero-order chi connectivity index (χ0) is 13.8. The van der Waals surface area contributed by atoms with Gasteiger partial charge in [0, 0.05) is 21.6 Å². The summed E-state index contributed by atoms with van der Waals surface area (Å²) in [4.78, 5) is 6.21. The minimum atomic E-state index is -0.246. The third-order valence-electron chi connectivity index (χ3n) is 2.87. The lowest BCUT2D eigenvalue weighted by Crippen LogP contribution is -1.90. The van der Waals surface area contributed by atoms with Crippen molar-refractivity contribution in [3.8, 4) is 11.3 Å². The molecule has 3 aromatic rings. The van der Waals surface area contributed by atoms with Gasteiger partial charge in [0.15, 0.2) is 0 Å². The molecule has 1 heterocycles. The van der Waals surface area contributed by atoms with Crippen molar-refractivity contribution in [2.45, 2.75) is 9.79 Å². The van der Waals surface area contributed by atoms with Crippen molar-refractivity contribution in [3.05, 3.63) is 78.7 Å². The van der Waals surface area contributed by atoms with Gasteiger partial charge in [0.05, 0.1) is 5.69 Å². The van der Waals surface area contributed by atoms with Crippen LogP contribution < -0.4 is 0 Å². The minimum absolute atomic E-state index is 0.246. The summed E-state index contributed by atoms with van der Waals surface area (Å²) in [7, 11) is 0. The second-order valence-corrected chi connectivity index (χ2v) is 5.36. The maximum atomic E-state index is 14.2. The molecule has 0 fully saturated rings. The largest absolute Gasteiger partial charge is 0.256 e. The first-order valence-electron chi connectivity index (χ1n) is 6.27. The first-order valence-corrected chi connectivity index (χ1v) is 7.09. The molecule has 0 aliphatic heterocycles. The first kappa shape index (κ1) is 12.9. The quantitative estimate of drug-likeness (QED) is 0.667. The van der Waals surface area contributed by atoms with Crippen LogP contribution >= 0.6 is 11.8 Å². The molecule has 0 saturated carbocycles. The lowest BCUT2D eigenvalue weighted by Gasteiger charge is -2.09. The molecule has 0 amide bonds. The van der Waals surface area contributed by atoms with Gasteiger partial charge >= 0.3 is 0 Å². The van der Waals surface area contributed by atoms with Crippen molar-refractivity contribution < 1.29 is 4.39 Å². The highest BCUT2D eigenvalue weighted by molar-refractivity contribution is 7.99. The molecule has 1 nitrogen and oxygen atoms in total. The molecule has 98 valence electrons. The highest BCUT2D eigenvalue weighted by atomic mass is 32.2. The van der Waals surface area contributed by atoms with Crippen molar-refractivity contribution in [1.82, 2.24) is 4.98 Å². The van der Waals surface area contributed by atoms with Gasteiger partial charge in [-0.2, -0.15) is 0 Å². The molecule has 3 rings (SSSR count). The van der Waals surface area contributed by atoms with Crippen LogP contribution in [-0.2, 0) is 0 Å². The molecular formula is C17H12FNS. The van der Waals surface area contributed by atoms with E-state index in [2.05, 4.69) is 4.98 Å². The summed E-state index contributed by atoms with van der Waals surface area (Å²) in [5, 5.41) is 0. The van der Waals surface area contributed by atoms with E-state index >= 15 is 0 Å². The zero-order valence-corrected chi connectivity index (χ0v) is 11.5. The molecule has 0 bridgehead atoms. The van der Waals surface area contributed by atoms with Gasteiger partial charge in [0.1, 0.15) is 5.82 Å². The SMILES string of the molecule is Fc1cccc(Sc2ccccc2)c1-c1ccccn1. The van der Waals surface area contributed by atoms with E-state index in [1.807, 2.05) is 54.6 Å². The third kappa shape index (κ3) is 2.73. The molecule has 0 aliphatic carbocycles. The van der Waals surface area contributed by atoms with E-state index in [0.717, 1.165) is 9.79 Å². The van der Waals surface area contributed by atoms with Crippen molar-refractivity contribution in [1.29, 1.82) is 0 Å². The lowest BCUT2D eigenvalue weighted by atomic mass is 10.1. The van der Waals surface area contributed by atoms with Gasteiger partial charge in [-0.15, -0.1) is 0 Å². The fourth-order valence-electron chi connectivity index (χ4n) is 1.96. The number of pyridine rings is 1. The van der Waals surface area contributed by atoms with Gasteiger partial charge in [0.2, 0.25) is 0 Å². The number of halogens is 1. The summed E-state index contributed by atoms with van der Waals surface area (Å²) in [6, 6.07) is 20.6. The van der Waals surface area contributed by atoms with E-state index in [-0.39, 0.29) is 5.82 Å². The molecule has 0 saturated heterocycles. The van der Waals surface area contributed by atoms with Gasteiger partial charge in [-0.25, -0.2) is 4.39 Å². The van der Waals surface area contributed by atoms with Crippen LogP contribution in [-0.4, -0.2) is 4.98 Å². The highest BCUT2D eigenvalue weighted by Gasteiger charge is 2.12. The van der Waals surface area contributed by atoms with Gasteiger partial charge in [-0.1, -0.05) is 42.1 Å². The second kappa shape index (κ2) is 5.88. The standard InChI is InChI=1S/C17H12FNS/c18-14-9-6-11-16(20-13-7-2-1-3-8-13)17(14)15-10-4-5-12-19-15/h1-12H. The second-order valence-electron chi connectivity index (χ2n) is 4.24. The van der Waals surface area contributed by atoms with Crippen molar-refractivity contribution in [2.24, 2.45) is 0 Å². The van der Waals surface area contributed by atoms with Crippen LogP contribution in [0.15, 0.2) is 82.7 Å². The molecule has 0 N–H and O–H groups in total. The fourth-order valence-corrected chi connectivity index (χ4v) is 2.96. The summed E-state index contributed by atoms with van der Waals surface area (Å²) < 4.78 is 14.2. The molecule has 0 atom stereocenters. The minimum Gasteiger partial charge on any atom is -0.256 e. The Balaban J connectivity index is 2.06. The molecule has 2 aromatic carbocycles. The third-order valence-corrected chi connectivity index (χ3v) is 3.94. The number of benzene rings is 2. The van der Waals surface area contributed by atoms with E-state index in [9.17, 15) is 4.39 Å². The molecule has 20 heavy (non-hydrogen) atoms. The Morgan fingerprint density at radius 2 is 1.60 bits per heavy atom.